The number of hydrogen-bond acceptors (Lipinski definition) is 2. The van der Waals surface area contributed by atoms with Crippen molar-refractivity contribution < 1.29 is 4.42 Å². The van der Waals surface area contributed by atoms with Crippen LogP contribution in [0.3, 0.4) is 0 Å². The first-order valence-electron chi connectivity index (χ1n) is 8.15. The average molecular weight is 314 g/mol. The molecule has 2 heterocycles. The van der Waals surface area contributed by atoms with Crippen molar-refractivity contribution in [3.8, 4) is 0 Å². The van der Waals surface area contributed by atoms with Crippen molar-refractivity contribution in [1.29, 1.82) is 0 Å². The van der Waals surface area contributed by atoms with Crippen molar-refractivity contribution in [2.45, 2.75) is 46.0 Å². The minimum atomic E-state index is 0.460. The van der Waals surface area contributed by atoms with E-state index in [9.17, 15) is 0 Å². The van der Waals surface area contributed by atoms with Crippen LogP contribution in [-0.4, -0.2) is 4.98 Å². The number of furan rings is 1. The minimum Gasteiger partial charge on any atom is -0.453 e. The third-order valence-electron chi connectivity index (χ3n) is 4.68. The fraction of sp³-hybridized carbons (Fsp3) is 0.421. The van der Waals surface area contributed by atoms with Crippen molar-refractivity contribution in [3.05, 3.63) is 40.2 Å². The van der Waals surface area contributed by atoms with E-state index in [4.69, 9.17) is 16.0 Å². The molecule has 2 nitrogen and oxygen atoms in total. The highest BCUT2D eigenvalue weighted by Crippen LogP contribution is 2.39. The molecule has 0 radical (unpaired) electrons. The molecule has 1 aliphatic carbocycles. The van der Waals surface area contributed by atoms with Crippen LogP contribution < -0.4 is 0 Å². The normalized spacial score (nSPS) is 14.9. The highest BCUT2D eigenvalue weighted by molar-refractivity contribution is 6.34. The van der Waals surface area contributed by atoms with Gasteiger partial charge in [-0.25, -0.2) is 4.98 Å². The largest absolute Gasteiger partial charge is 0.453 e. The summed E-state index contributed by atoms with van der Waals surface area (Å²) in [6.07, 6.45) is 7.80. The molecule has 2 aromatic heterocycles. The van der Waals surface area contributed by atoms with E-state index < -0.39 is 0 Å². The highest BCUT2D eigenvalue weighted by atomic mass is 35.5. The molecule has 3 heteroatoms. The molecule has 0 amide bonds. The highest BCUT2D eigenvalue weighted by Gasteiger charge is 2.22. The summed E-state index contributed by atoms with van der Waals surface area (Å²) in [5, 5.41) is 2.83. The summed E-state index contributed by atoms with van der Waals surface area (Å²) < 4.78 is 6.08. The monoisotopic (exact) mass is 313 g/mol. The molecule has 0 fully saturated rings. The molecule has 0 saturated heterocycles. The summed E-state index contributed by atoms with van der Waals surface area (Å²) in [6, 6.07) is 4.27. The van der Waals surface area contributed by atoms with Gasteiger partial charge in [-0.15, -0.1) is 0 Å². The fourth-order valence-corrected chi connectivity index (χ4v) is 4.00. The van der Waals surface area contributed by atoms with Crippen molar-refractivity contribution in [2.75, 3.05) is 0 Å². The number of aryl methyl sites for hydroxylation is 1. The number of hydrogen-bond donors (Lipinski definition) is 0. The first kappa shape index (κ1) is 14.1. The summed E-state index contributed by atoms with van der Waals surface area (Å²) in [6.45, 7) is 4.57. The van der Waals surface area contributed by atoms with Crippen LogP contribution in [0.2, 0.25) is 5.15 Å². The van der Waals surface area contributed by atoms with Gasteiger partial charge in [-0.05, 0) is 66.8 Å². The molecule has 0 saturated carbocycles. The Kier molecular flexibility index (Phi) is 3.37. The van der Waals surface area contributed by atoms with Crippen LogP contribution in [-0.2, 0) is 19.3 Å². The molecule has 0 spiro atoms. The molecule has 1 aromatic carbocycles. The fourth-order valence-electron chi connectivity index (χ4n) is 3.80. The van der Waals surface area contributed by atoms with Crippen LogP contribution in [0.4, 0.5) is 0 Å². The van der Waals surface area contributed by atoms with E-state index in [-0.39, 0.29) is 0 Å². The van der Waals surface area contributed by atoms with Crippen LogP contribution in [0, 0.1) is 5.92 Å². The van der Waals surface area contributed by atoms with E-state index in [1.165, 1.54) is 42.2 Å². The van der Waals surface area contributed by atoms with Gasteiger partial charge in [0.25, 0.3) is 0 Å². The first-order chi connectivity index (χ1) is 10.6. The Hall–Kier alpha value is -1.54. The lowest BCUT2D eigenvalue weighted by molar-refractivity contribution is 0.624. The Morgan fingerprint density at radius 3 is 2.91 bits per heavy atom. The predicted octanol–water partition coefficient (Wildman–Crippen LogP) is 5.71. The van der Waals surface area contributed by atoms with E-state index in [1.54, 1.807) is 11.8 Å². The van der Waals surface area contributed by atoms with E-state index in [1.807, 2.05) is 6.07 Å². The molecular formula is C19H20ClNO. The molecule has 22 heavy (non-hydrogen) atoms. The van der Waals surface area contributed by atoms with Gasteiger partial charge in [-0.1, -0.05) is 25.4 Å². The van der Waals surface area contributed by atoms with Gasteiger partial charge in [0.2, 0.25) is 0 Å². The summed E-state index contributed by atoms with van der Waals surface area (Å²) in [5.74, 6) is 0.624. The maximum Gasteiger partial charge on any atom is 0.172 e. The first-order valence-corrected chi connectivity index (χ1v) is 8.53. The minimum absolute atomic E-state index is 0.460. The second-order valence-corrected chi connectivity index (χ2v) is 7.11. The lowest BCUT2D eigenvalue weighted by Crippen LogP contribution is -2.08. The van der Waals surface area contributed by atoms with Gasteiger partial charge in [0.15, 0.2) is 10.7 Å². The predicted molar refractivity (Wildman–Crippen MR) is 91.7 cm³/mol. The Bertz CT molecular complexity index is 863. The van der Waals surface area contributed by atoms with Crippen LogP contribution in [0.5, 0.6) is 0 Å². The van der Waals surface area contributed by atoms with E-state index in [0.29, 0.717) is 11.1 Å². The zero-order valence-corrected chi connectivity index (χ0v) is 13.8. The van der Waals surface area contributed by atoms with Gasteiger partial charge in [-0.3, -0.25) is 0 Å². The van der Waals surface area contributed by atoms with Crippen molar-refractivity contribution in [3.63, 3.8) is 0 Å². The Labute approximate surface area is 135 Å². The third kappa shape index (κ3) is 2.13. The second kappa shape index (κ2) is 5.27. The Morgan fingerprint density at radius 2 is 2.09 bits per heavy atom. The second-order valence-electron chi connectivity index (χ2n) is 6.75. The third-order valence-corrected chi connectivity index (χ3v) is 4.95. The number of fused-ring (bicyclic) bond motifs is 4. The average Bonchev–Trinajstić information content (AvgIpc) is 2.86. The molecule has 4 rings (SSSR count). The number of aromatic nitrogens is 1. The topological polar surface area (TPSA) is 26.0 Å². The lowest BCUT2D eigenvalue weighted by atomic mass is 9.83. The number of halogens is 1. The molecule has 0 atom stereocenters. The summed E-state index contributed by atoms with van der Waals surface area (Å²) >= 11 is 6.24. The van der Waals surface area contributed by atoms with Crippen molar-refractivity contribution >= 4 is 33.5 Å². The van der Waals surface area contributed by atoms with E-state index >= 15 is 0 Å². The SMILES string of the molecule is CC(C)Cc1c2c(cc3oc4c(Cl)nccc4c13)CCCC2. The summed E-state index contributed by atoms with van der Waals surface area (Å²) in [7, 11) is 0. The van der Waals surface area contributed by atoms with Gasteiger partial charge in [0.1, 0.15) is 5.58 Å². The zero-order chi connectivity index (χ0) is 15.3. The summed E-state index contributed by atoms with van der Waals surface area (Å²) in [5.41, 5.74) is 6.21. The molecule has 0 aliphatic heterocycles. The maximum absolute atomic E-state index is 6.24. The van der Waals surface area contributed by atoms with Crippen LogP contribution >= 0.6 is 11.6 Å². The van der Waals surface area contributed by atoms with Crippen LogP contribution in [0.15, 0.2) is 22.7 Å². The standard InChI is InChI=1S/C19H20ClNO/c1-11(2)9-15-13-6-4-3-5-12(13)10-16-17(15)14-7-8-21-19(20)18(14)22-16/h7-8,10-11H,3-6,9H2,1-2H3. The number of rotatable bonds is 2. The van der Waals surface area contributed by atoms with Crippen LogP contribution in [0.1, 0.15) is 43.4 Å². The molecule has 0 bridgehead atoms. The number of nitrogens with zero attached hydrogens (tertiary/aromatic N) is 1. The van der Waals surface area contributed by atoms with E-state index in [0.717, 1.165) is 23.0 Å². The Morgan fingerprint density at radius 1 is 1.27 bits per heavy atom. The number of pyridine rings is 1. The van der Waals surface area contributed by atoms with Gasteiger partial charge in [-0.2, -0.15) is 0 Å². The van der Waals surface area contributed by atoms with Gasteiger partial charge < -0.3 is 4.42 Å². The van der Waals surface area contributed by atoms with Gasteiger partial charge in [0.05, 0.1) is 0 Å². The zero-order valence-electron chi connectivity index (χ0n) is 13.1. The van der Waals surface area contributed by atoms with Crippen LogP contribution in [0.25, 0.3) is 21.9 Å². The number of benzene rings is 1. The maximum atomic E-state index is 6.24. The molecule has 1 aliphatic rings. The Balaban J connectivity index is 2.12. The summed E-state index contributed by atoms with van der Waals surface area (Å²) in [4.78, 5) is 4.16. The lowest BCUT2D eigenvalue weighted by Gasteiger charge is -2.21. The molecular weight excluding hydrogens is 294 g/mol. The molecule has 3 aromatic rings. The van der Waals surface area contributed by atoms with Crippen molar-refractivity contribution in [1.82, 2.24) is 4.98 Å². The smallest absolute Gasteiger partial charge is 0.172 e. The van der Waals surface area contributed by atoms with Gasteiger partial charge >= 0.3 is 0 Å². The molecule has 0 N–H and O–H groups in total. The van der Waals surface area contributed by atoms with E-state index in [2.05, 4.69) is 24.9 Å². The quantitative estimate of drug-likeness (QED) is 0.566. The molecule has 0 unspecified atom stereocenters. The van der Waals surface area contributed by atoms with Gasteiger partial charge in [0, 0.05) is 17.0 Å². The van der Waals surface area contributed by atoms with Crippen molar-refractivity contribution in [2.24, 2.45) is 5.92 Å². The molecule has 114 valence electrons.